The van der Waals surface area contributed by atoms with Crippen LogP contribution >= 0.6 is 0 Å². The van der Waals surface area contributed by atoms with Gasteiger partial charge in [-0.15, -0.1) is 0 Å². The summed E-state index contributed by atoms with van der Waals surface area (Å²) in [7, 11) is 0. The summed E-state index contributed by atoms with van der Waals surface area (Å²) >= 11 is 0. The molecular weight excluding hydrogens is 868 g/mol. The van der Waals surface area contributed by atoms with Crippen molar-refractivity contribution in [3.63, 3.8) is 0 Å². The molecule has 2 aliphatic carbocycles. The number of anilines is 6. The number of nitrogens with zero attached hydrogens (tertiary/aromatic N) is 2. The van der Waals surface area contributed by atoms with Gasteiger partial charge in [-0.2, -0.15) is 0 Å². The zero-order valence-corrected chi connectivity index (χ0v) is 46.8. The summed E-state index contributed by atoms with van der Waals surface area (Å²) < 4.78 is 0. The molecule has 2 aliphatic heterocycles. The van der Waals surface area contributed by atoms with Crippen molar-refractivity contribution < 1.29 is 0 Å². The van der Waals surface area contributed by atoms with Crippen molar-refractivity contribution in [2.75, 3.05) is 9.80 Å². The van der Waals surface area contributed by atoms with Crippen molar-refractivity contribution >= 4 is 57.2 Å². The zero-order valence-electron chi connectivity index (χ0n) is 46.8. The number of hydrogen-bond donors (Lipinski definition) is 0. The Morgan fingerprint density at radius 2 is 0.889 bits per heavy atom. The number of rotatable bonds is 5. The predicted molar refractivity (Wildman–Crippen MR) is 313 cm³/mol. The maximum absolute atomic E-state index is 2.73. The molecule has 7 aromatic rings. The number of fused-ring (bicyclic) bond motifs is 6. The molecule has 368 valence electrons. The maximum Gasteiger partial charge on any atom is 0.252 e. The second-order valence-corrected chi connectivity index (χ2v) is 27.7. The molecule has 2 heterocycles. The van der Waals surface area contributed by atoms with Gasteiger partial charge in [0.05, 0.1) is 5.69 Å². The van der Waals surface area contributed by atoms with Crippen molar-refractivity contribution in [2.45, 2.75) is 175 Å². The summed E-state index contributed by atoms with van der Waals surface area (Å²) in [6, 6.07) is 53.0. The maximum atomic E-state index is 2.73. The third kappa shape index (κ3) is 7.48. The molecule has 7 aromatic carbocycles. The second kappa shape index (κ2) is 15.9. The van der Waals surface area contributed by atoms with Gasteiger partial charge in [-0.1, -0.05) is 202 Å². The largest absolute Gasteiger partial charge is 0.311 e. The fraction of sp³-hybridized carbons (Fsp3) is 0.391. The Balaban J connectivity index is 1.31. The molecular formula is C69H79BN2. The first-order chi connectivity index (χ1) is 33.6. The van der Waals surface area contributed by atoms with Gasteiger partial charge in [0, 0.05) is 39.4 Å². The number of aryl methyl sites for hydroxylation is 1. The molecule has 11 rings (SSSR count). The van der Waals surface area contributed by atoms with Gasteiger partial charge in [0.15, 0.2) is 0 Å². The Morgan fingerprint density at radius 3 is 1.49 bits per heavy atom. The SMILES string of the molecule is Cc1cc2c(cc1N1c3cc(C(C)(C)c4ccccc4)ccc3B3c4cc5c(cc4N(c4ccc(C(C)(C)C)cc4-c4ccccc4)c4cc(C(C)(C)C)cc1c43)C(C)(C)CCC5(C)C)C(C)(C)CC2(C)C. The van der Waals surface area contributed by atoms with E-state index in [0.717, 1.165) is 19.3 Å². The van der Waals surface area contributed by atoms with E-state index < -0.39 is 0 Å². The van der Waals surface area contributed by atoms with E-state index in [1.807, 2.05) is 0 Å². The third-order valence-corrected chi connectivity index (χ3v) is 18.2. The molecule has 0 bridgehead atoms. The van der Waals surface area contributed by atoms with E-state index in [9.17, 15) is 0 Å². The molecule has 0 amide bonds. The number of benzene rings is 7. The highest BCUT2D eigenvalue weighted by molar-refractivity contribution is 7.00. The van der Waals surface area contributed by atoms with Gasteiger partial charge in [0.2, 0.25) is 0 Å². The third-order valence-electron chi connectivity index (χ3n) is 18.2. The molecule has 72 heavy (non-hydrogen) atoms. The van der Waals surface area contributed by atoms with Crippen molar-refractivity contribution in [3.05, 3.63) is 184 Å². The topological polar surface area (TPSA) is 6.48 Å². The molecule has 4 aliphatic rings. The van der Waals surface area contributed by atoms with Gasteiger partial charge in [-0.05, 0) is 173 Å². The summed E-state index contributed by atoms with van der Waals surface area (Å²) in [5.74, 6) is 0. The fourth-order valence-electron chi connectivity index (χ4n) is 13.8. The molecule has 2 nitrogen and oxygen atoms in total. The second-order valence-electron chi connectivity index (χ2n) is 27.7. The van der Waals surface area contributed by atoms with E-state index in [-0.39, 0.29) is 44.6 Å². The highest BCUT2D eigenvalue weighted by Gasteiger charge is 2.49. The Labute approximate surface area is 434 Å². The molecule has 0 saturated heterocycles. The van der Waals surface area contributed by atoms with Gasteiger partial charge in [0.1, 0.15) is 0 Å². The van der Waals surface area contributed by atoms with Crippen LogP contribution in [0.3, 0.4) is 0 Å². The molecule has 0 atom stereocenters. The van der Waals surface area contributed by atoms with Crippen LogP contribution in [0.15, 0.2) is 133 Å². The molecule has 0 N–H and O–H groups in total. The van der Waals surface area contributed by atoms with E-state index in [1.54, 1.807) is 0 Å². The first-order valence-corrected chi connectivity index (χ1v) is 27.1. The van der Waals surface area contributed by atoms with Gasteiger partial charge in [0.25, 0.3) is 6.71 Å². The minimum Gasteiger partial charge on any atom is -0.311 e. The average molecular weight is 947 g/mol. The lowest BCUT2D eigenvalue weighted by atomic mass is 9.33. The highest BCUT2D eigenvalue weighted by atomic mass is 15.2. The van der Waals surface area contributed by atoms with Crippen LogP contribution in [0.2, 0.25) is 0 Å². The molecule has 0 spiro atoms. The first-order valence-electron chi connectivity index (χ1n) is 27.1. The zero-order chi connectivity index (χ0) is 51.5. The Morgan fingerprint density at radius 1 is 0.403 bits per heavy atom. The quantitative estimate of drug-likeness (QED) is 0.159. The highest BCUT2D eigenvalue weighted by Crippen LogP contribution is 2.56. The summed E-state index contributed by atoms with van der Waals surface area (Å²) in [5, 5.41) is 0. The van der Waals surface area contributed by atoms with Crippen molar-refractivity contribution in [1.82, 2.24) is 0 Å². The van der Waals surface area contributed by atoms with Crippen molar-refractivity contribution in [1.29, 1.82) is 0 Å². The monoisotopic (exact) mass is 947 g/mol. The van der Waals surface area contributed by atoms with Crippen LogP contribution in [0, 0.1) is 6.92 Å². The minimum absolute atomic E-state index is 0.000626. The Hall–Kier alpha value is -5.80. The average Bonchev–Trinajstić information content (AvgIpc) is 3.50. The Kier molecular flexibility index (Phi) is 10.7. The molecule has 0 unspecified atom stereocenters. The number of hydrogen-bond acceptors (Lipinski definition) is 2. The molecule has 0 fully saturated rings. The van der Waals surface area contributed by atoms with E-state index in [0.29, 0.717) is 0 Å². The fourth-order valence-corrected chi connectivity index (χ4v) is 13.8. The van der Waals surface area contributed by atoms with Gasteiger partial charge >= 0.3 is 0 Å². The predicted octanol–water partition coefficient (Wildman–Crippen LogP) is 17.0. The van der Waals surface area contributed by atoms with E-state index in [4.69, 9.17) is 0 Å². The minimum atomic E-state index is -0.233. The van der Waals surface area contributed by atoms with Crippen LogP contribution in [0.1, 0.15) is 180 Å². The first kappa shape index (κ1) is 48.5. The van der Waals surface area contributed by atoms with Crippen LogP contribution in [0.25, 0.3) is 11.1 Å². The lowest BCUT2D eigenvalue weighted by Crippen LogP contribution is -2.62. The summed E-state index contributed by atoms with van der Waals surface area (Å²) in [5.41, 5.74) is 26.8. The van der Waals surface area contributed by atoms with Crippen LogP contribution in [0.4, 0.5) is 34.1 Å². The van der Waals surface area contributed by atoms with Crippen LogP contribution in [0.5, 0.6) is 0 Å². The van der Waals surface area contributed by atoms with Crippen LogP contribution < -0.4 is 26.2 Å². The normalized spacial score (nSPS) is 18.0. The Bertz CT molecular complexity index is 3330. The van der Waals surface area contributed by atoms with E-state index in [1.165, 1.54) is 112 Å². The van der Waals surface area contributed by atoms with E-state index >= 15 is 0 Å². The summed E-state index contributed by atoms with van der Waals surface area (Å²) in [6.07, 6.45) is 3.45. The van der Waals surface area contributed by atoms with Crippen molar-refractivity contribution in [2.24, 2.45) is 0 Å². The summed E-state index contributed by atoms with van der Waals surface area (Å²) in [6.45, 7) is 41.3. The van der Waals surface area contributed by atoms with Gasteiger partial charge in [-0.25, -0.2) is 0 Å². The van der Waals surface area contributed by atoms with Crippen molar-refractivity contribution in [3.8, 4) is 11.1 Å². The lowest BCUT2D eigenvalue weighted by Gasteiger charge is -2.48. The summed E-state index contributed by atoms with van der Waals surface area (Å²) in [4.78, 5) is 5.46. The van der Waals surface area contributed by atoms with Gasteiger partial charge < -0.3 is 9.80 Å². The molecule has 0 aromatic heterocycles. The van der Waals surface area contributed by atoms with E-state index in [2.05, 4.69) is 261 Å². The van der Waals surface area contributed by atoms with Crippen LogP contribution in [-0.4, -0.2) is 6.71 Å². The smallest absolute Gasteiger partial charge is 0.252 e. The van der Waals surface area contributed by atoms with Gasteiger partial charge in [-0.3, -0.25) is 0 Å². The molecule has 3 heteroatoms. The lowest BCUT2D eigenvalue weighted by molar-refractivity contribution is 0.332. The van der Waals surface area contributed by atoms with Crippen LogP contribution in [-0.2, 0) is 37.9 Å². The molecule has 0 saturated carbocycles. The standard InChI is InChI=1S/C69H79BN2/c1-43-34-50-53(68(14,15)42-67(50,12)13)40-57(43)72-58-36-47(69(16,17)45-26-22-19-23-27-45)28-30-54(58)70-55-39-51-52(66(10,11)33-32-65(51,8)9)41-59(55)71(60-37-48(64(5,6)7)38-61(72)62(60)70)56-31-29-46(63(2,3)4)35-49(56)44-24-20-18-21-25-44/h18-31,34-41H,32-33,42H2,1-17H3. The molecule has 0 radical (unpaired) electrons.